The summed E-state index contributed by atoms with van der Waals surface area (Å²) in [6.45, 7) is 2.66. The van der Waals surface area contributed by atoms with Gasteiger partial charge in [0, 0.05) is 42.1 Å². The van der Waals surface area contributed by atoms with Crippen molar-refractivity contribution in [3.8, 4) is 0 Å². The fraction of sp³-hybridized carbons (Fsp3) is 0.200. The normalized spacial score (nSPS) is 13.1. The molecule has 1 fully saturated rings. The Balaban J connectivity index is 1.32. The fourth-order valence-electron chi connectivity index (χ4n) is 3.59. The summed E-state index contributed by atoms with van der Waals surface area (Å²) < 4.78 is 0. The molecule has 0 spiro atoms. The summed E-state index contributed by atoms with van der Waals surface area (Å²) in [4.78, 5) is 27.2. The lowest BCUT2D eigenvalue weighted by molar-refractivity contribution is 0.0949. The van der Waals surface area contributed by atoms with Gasteiger partial charge in [0.15, 0.2) is 0 Å². The van der Waals surface area contributed by atoms with Gasteiger partial charge in [-0.1, -0.05) is 30.3 Å². The molecule has 0 saturated carbocycles. The molecule has 0 radical (unpaired) electrons. The summed E-state index contributed by atoms with van der Waals surface area (Å²) in [6.07, 6.45) is 2.47. The first kappa shape index (κ1) is 19.7. The Morgan fingerprint density at radius 1 is 0.733 bits per heavy atom. The molecule has 5 heteroatoms. The van der Waals surface area contributed by atoms with Gasteiger partial charge in [-0.15, -0.1) is 0 Å². The van der Waals surface area contributed by atoms with Crippen molar-refractivity contribution < 1.29 is 9.59 Å². The van der Waals surface area contributed by atoms with Crippen LogP contribution in [0.4, 0.5) is 11.4 Å². The molecule has 2 amide bonds. The average molecular weight is 399 g/mol. The zero-order valence-corrected chi connectivity index (χ0v) is 16.8. The van der Waals surface area contributed by atoms with Gasteiger partial charge in [-0.05, 0) is 66.9 Å². The minimum atomic E-state index is -0.194. The van der Waals surface area contributed by atoms with Gasteiger partial charge in [0.05, 0.1) is 0 Å². The Morgan fingerprint density at radius 3 is 1.97 bits per heavy atom. The van der Waals surface area contributed by atoms with E-state index in [1.807, 2.05) is 54.6 Å². The summed E-state index contributed by atoms with van der Waals surface area (Å²) >= 11 is 0. The predicted molar refractivity (Wildman–Crippen MR) is 120 cm³/mol. The number of anilines is 2. The number of nitrogens with one attached hydrogen (secondary N) is 2. The van der Waals surface area contributed by atoms with Crippen molar-refractivity contribution in [3.63, 3.8) is 0 Å². The number of benzene rings is 3. The molecule has 5 nitrogen and oxygen atoms in total. The van der Waals surface area contributed by atoms with E-state index in [1.165, 1.54) is 18.5 Å². The molecule has 1 aliphatic heterocycles. The first-order valence-electron chi connectivity index (χ1n) is 10.3. The molecule has 0 atom stereocenters. The van der Waals surface area contributed by atoms with Crippen LogP contribution in [-0.2, 0) is 6.54 Å². The molecule has 3 aromatic carbocycles. The third-order valence-corrected chi connectivity index (χ3v) is 5.30. The SMILES string of the molecule is O=C(NCc1ccccc1)c1ccc(C(=O)Nc2ccc(N3CCCC3)cc2)cc1. The van der Waals surface area contributed by atoms with Crippen LogP contribution < -0.4 is 15.5 Å². The highest BCUT2D eigenvalue weighted by Crippen LogP contribution is 2.22. The topological polar surface area (TPSA) is 61.4 Å². The minimum Gasteiger partial charge on any atom is -0.372 e. The zero-order chi connectivity index (χ0) is 20.8. The standard InChI is InChI=1S/C25H25N3O2/c29-24(26-18-19-6-2-1-3-7-19)20-8-10-21(11-9-20)25(30)27-22-12-14-23(15-13-22)28-16-4-5-17-28/h1-3,6-15H,4-5,16-18H2,(H,26,29)(H,27,30). The molecule has 1 heterocycles. The predicted octanol–water partition coefficient (Wildman–Crippen LogP) is 4.47. The van der Waals surface area contributed by atoms with Crippen molar-refractivity contribution in [2.24, 2.45) is 0 Å². The van der Waals surface area contributed by atoms with Crippen LogP contribution in [0.5, 0.6) is 0 Å². The second-order valence-corrected chi connectivity index (χ2v) is 7.44. The largest absolute Gasteiger partial charge is 0.372 e. The summed E-state index contributed by atoms with van der Waals surface area (Å²) in [7, 11) is 0. The summed E-state index contributed by atoms with van der Waals surface area (Å²) in [5, 5.41) is 5.80. The van der Waals surface area contributed by atoms with Crippen molar-refractivity contribution in [1.82, 2.24) is 5.32 Å². The van der Waals surface area contributed by atoms with Crippen LogP contribution in [0.15, 0.2) is 78.9 Å². The number of rotatable bonds is 6. The molecular formula is C25H25N3O2. The van der Waals surface area contributed by atoms with Crippen LogP contribution in [0.1, 0.15) is 39.1 Å². The summed E-state index contributed by atoms with van der Waals surface area (Å²) in [5.41, 5.74) is 4.03. The molecule has 1 saturated heterocycles. The maximum atomic E-state index is 12.5. The first-order valence-corrected chi connectivity index (χ1v) is 10.3. The number of carbonyl (C=O) groups excluding carboxylic acids is 2. The smallest absolute Gasteiger partial charge is 0.255 e. The van der Waals surface area contributed by atoms with Gasteiger partial charge in [-0.2, -0.15) is 0 Å². The number of hydrogen-bond donors (Lipinski definition) is 2. The van der Waals surface area contributed by atoms with Gasteiger partial charge in [-0.3, -0.25) is 9.59 Å². The molecule has 0 unspecified atom stereocenters. The summed E-state index contributed by atoms with van der Waals surface area (Å²) in [5.74, 6) is -0.358. The quantitative estimate of drug-likeness (QED) is 0.643. The lowest BCUT2D eigenvalue weighted by Gasteiger charge is -2.17. The van der Waals surface area contributed by atoms with Crippen molar-refractivity contribution >= 4 is 23.2 Å². The maximum Gasteiger partial charge on any atom is 0.255 e. The van der Waals surface area contributed by atoms with Gasteiger partial charge in [-0.25, -0.2) is 0 Å². The van der Waals surface area contributed by atoms with E-state index in [-0.39, 0.29) is 11.8 Å². The van der Waals surface area contributed by atoms with E-state index in [9.17, 15) is 9.59 Å². The number of nitrogens with zero attached hydrogens (tertiary/aromatic N) is 1. The third-order valence-electron chi connectivity index (χ3n) is 5.30. The molecule has 4 rings (SSSR count). The highest BCUT2D eigenvalue weighted by atomic mass is 16.2. The molecule has 152 valence electrons. The maximum absolute atomic E-state index is 12.5. The molecule has 1 aliphatic rings. The van der Waals surface area contributed by atoms with Gasteiger partial charge < -0.3 is 15.5 Å². The Labute approximate surface area is 176 Å². The van der Waals surface area contributed by atoms with Crippen molar-refractivity contribution in [1.29, 1.82) is 0 Å². The van der Waals surface area contributed by atoms with Gasteiger partial charge >= 0.3 is 0 Å². The Bertz CT molecular complexity index is 993. The fourth-order valence-corrected chi connectivity index (χ4v) is 3.59. The van der Waals surface area contributed by atoms with Gasteiger partial charge in [0.1, 0.15) is 0 Å². The van der Waals surface area contributed by atoms with Crippen molar-refractivity contribution in [2.45, 2.75) is 19.4 Å². The Hall–Kier alpha value is -3.60. The first-order chi connectivity index (χ1) is 14.7. The number of amides is 2. The van der Waals surface area contributed by atoms with Crippen LogP contribution in [0, 0.1) is 0 Å². The zero-order valence-electron chi connectivity index (χ0n) is 16.8. The Kier molecular flexibility index (Phi) is 6.09. The highest BCUT2D eigenvalue weighted by molar-refractivity contribution is 6.05. The molecule has 3 aromatic rings. The van der Waals surface area contributed by atoms with Gasteiger partial charge in [0.2, 0.25) is 0 Å². The van der Waals surface area contributed by atoms with E-state index in [0.29, 0.717) is 17.7 Å². The lowest BCUT2D eigenvalue weighted by Crippen LogP contribution is -2.22. The van der Waals surface area contributed by atoms with Crippen LogP contribution in [0.3, 0.4) is 0 Å². The van der Waals surface area contributed by atoms with Crippen LogP contribution in [0.25, 0.3) is 0 Å². The van der Waals surface area contributed by atoms with Crippen LogP contribution >= 0.6 is 0 Å². The lowest BCUT2D eigenvalue weighted by atomic mass is 10.1. The molecule has 0 aliphatic carbocycles. The number of hydrogen-bond acceptors (Lipinski definition) is 3. The summed E-state index contributed by atoms with van der Waals surface area (Å²) in [6, 6.07) is 24.4. The average Bonchev–Trinajstić information content (AvgIpc) is 3.34. The molecule has 0 aromatic heterocycles. The van der Waals surface area contributed by atoms with E-state index in [4.69, 9.17) is 0 Å². The van der Waals surface area contributed by atoms with E-state index in [2.05, 4.69) is 15.5 Å². The monoisotopic (exact) mass is 399 g/mol. The van der Waals surface area contributed by atoms with E-state index in [1.54, 1.807) is 24.3 Å². The second kappa shape index (κ2) is 9.27. The molecule has 30 heavy (non-hydrogen) atoms. The van der Waals surface area contributed by atoms with E-state index >= 15 is 0 Å². The molecular weight excluding hydrogens is 374 g/mol. The van der Waals surface area contributed by atoms with Crippen LogP contribution in [-0.4, -0.2) is 24.9 Å². The van der Waals surface area contributed by atoms with E-state index < -0.39 is 0 Å². The number of carbonyl (C=O) groups is 2. The van der Waals surface area contributed by atoms with Crippen molar-refractivity contribution in [2.75, 3.05) is 23.3 Å². The van der Waals surface area contributed by atoms with E-state index in [0.717, 1.165) is 24.3 Å². The van der Waals surface area contributed by atoms with Gasteiger partial charge in [0.25, 0.3) is 11.8 Å². The third kappa shape index (κ3) is 4.87. The Morgan fingerprint density at radius 2 is 1.33 bits per heavy atom. The van der Waals surface area contributed by atoms with Crippen molar-refractivity contribution in [3.05, 3.63) is 95.6 Å². The van der Waals surface area contributed by atoms with Crippen LogP contribution in [0.2, 0.25) is 0 Å². The molecule has 0 bridgehead atoms. The minimum absolute atomic E-state index is 0.164. The highest BCUT2D eigenvalue weighted by Gasteiger charge is 2.13. The molecule has 2 N–H and O–H groups in total. The second-order valence-electron chi connectivity index (χ2n) is 7.44.